The summed E-state index contributed by atoms with van der Waals surface area (Å²) in [4.78, 5) is 23.8. The van der Waals surface area contributed by atoms with Crippen LogP contribution in [0.2, 0.25) is 18.1 Å². The van der Waals surface area contributed by atoms with Gasteiger partial charge in [0.05, 0.1) is 6.61 Å². The van der Waals surface area contributed by atoms with Crippen molar-refractivity contribution in [1.29, 1.82) is 0 Å². The molecule has 0 radical (unpaired) electrons. The van der Waals surface area contributed by atoms with Crippen LogP contribution >= 0.6 is 18.1 Å². The zero-order valence-electron chi connectivity index (χ0n) is 19.5. The van der Waals surface area contributed by atoms with Gasteiger partial charge in [0, 0.05) is 10.9 Å². The number of rotatable bonds is 4. The van der Waals surface area contributed by atoms with Gasteiger partial charge in [0.1, 0.15) is 30.5 Å². The molecule has 2 aliphatic rings. The zero-order chi connectivity index (χ0) is 24.5. The second kappa shape index (κ2) is 8.39. The topological polar surface area (TPSA) is 127 Å². The molecule has 3 aromatic heterocycles. The number of ether oxygens (including phenoxy) is 1. The Bertz CT molecular complexity index is 1260. The Kier molecular flexibility index (Phi) is 6.03. The Morgan fingerprint density at radius 2 is 2.12 bits per heavy atom. The molecule has 34 heavy (non-hydrogen) atoms. The molecule has 184 valence electrons. The lowest BCUT2D eigenvalue weighted by Crippen LogP contribution is -2.50. The minimum Gasteiger partial charge on any atom is -0.407 e. The molecule has 0 amide bonds. The first-order chi connectivity index (χ1) is 15.9. The maximum atomic E-state index is 10.5. The molecule has 10 nitrogen and oxygen atoms in total. The highest BCUT2D eigenvalue weighted by Crippen LogP contribution is 2.55. The molecule has 3 N–H and O–H groups in total. The second-order valence-electron chi connectivity index (χ2n) is 9.99. The average molecular weight is 542 g/mol. The fourth-order valence-electron chi connectivity index (χ4n) is 3.93. The lowest BCUT2D eigenvalue weighted by Gasteiger charge is -2.41. The van der Waals surface area contributed by atoms with Gasteiger partial charge in [-0.05, 0) is 41.4 Å². The molecular weight excluding hydrogens is 513 g/mol. The summed E-state index contributed by atoms with van der Waals surface area (Å²) in [6.45, 7) is 7.54. The molecular formula is C20H28N5O5PS2Si. The van der Waals surface area contributed by atoms with Crippen molar-refractivity contribution in [2.75, 3.05) is 12.3 Å². The van der Waals surface area contributed by atoms with Gasteiger partial charge in [0.15, 0.2) is 31.5 Å². The number of anilines is 1. The van der Waals surface area contributed by atoms with Crippen LogP contribution in [0.1, 0.15) is 27.0 Å². The Hall–Kier alpha value is -1.28. The summed E-state index contributed by atoms with van der Waals surface area (Å²) >= 11 is 6.74. The van der Waals surface area contributed by atoms with Gasteiger partial charge in [-0.1, -0.05) is 20.8 Å². The number of thiophene rings is 1. The van der Waals surface area contributed by atoms with Gasteiger partial charge in [-0.15, -0.1) is 0 Å². The Labute approximate surface area is 207 Å². The first-order valence-corrected chi connectivity index (χ1v) is 17.3. The van der Waals surface area contributed by atoms with E-state index in [9.17, 15) is 4.89 Å². The second-order valence-corrected chi connectivity index (χ2v) is 18.3. The smallest absolute Gasteiger partial charge is 0.325 e. The van der Waals surface area contributed by atoms with Crippen molar-refractivity contribution >= 4 is 55.2 Å². The Morgan fingerprint density at radius 1 is 1.35 bits per heavy atom. The van der Waals surface area contributed by atoms with Crippen LogP contribution in [0.3, 0.4) is 0 Å². The van der Waals surface area contributed by atoms with E-state index in [1.54, 1.807) is 11.3 Å². The molecule has 5 rings (SSSR count). The van der Waals surface area contributed by atoms with E-state index in [1.807, 2.05) is 21.4 Å². The molecule has 0 bridgehead atoms. The maximum absolute atomic E-state index is 10.5. The van der Waals surface area contributed by atoms with Crippen molar-refractivity contribution in [2.45, 2.75) is 63.4 Å². The van der Waals surface area contributed by atoms with Crippen molar-refractivity contribution in [3.8, 4) is 11.4 Å². The number of nitrogens with zero attached hydrogens (tertiary/aromatic N) is 4. The standard InChI is InChI=1S/C20H28N5O5PS2Si/c1-20(2,3)34(4,5)30-15-14-12(8-27-31(26,32)29-14)28-19(15)25-17(11-6-7-33-9-11)24-13-16(21)22-10-23-18(13)25/h6-7,9-10,12,14-15,19H,8H2,1-5H3,(H,26,32)(H2,21,22,23)/t12?,14?,15-,19+,31?/m0/s1. The van der Waals surface area contributed by atoms with E-state index in [-0.39, 0.29) is 17.5 Å². The number of nitrogen functional groups attached to an aromatic ring is 1. The third-order valence-corrected chi connectivity index (χ3v) is 13.4. The lowest BCUT2D eigenvalue weighted by molar-refractivity contribution is -0.0585. The van der Waals surface area contributed by atoms with Crippen molar-refractivity contribution in [3.05, 3.63) is 23.2 Å². The van der Waals surface area contributed by atoms with E-state index < -0.39 is 39.6 Å². The molecule has 14 heteroatoms. The zero-order valence-corrected chi connectivity index (χ0v) is 23.1. The normalized spacial score (nSPS) is 30.1. The van der Waals surface area contributed by atoms with Crippen LogP contribution in [0.5, 0.6) is 0 Å². The number of fused-ring (bicyclic) bond motifs is 2. The van der Waals surface area contributed by atoms with Gasteiger partial charge in [0.2, 0.25) is 0 Å². The lowest BCUT2D eigenvalue weighted by atomic mass is 10.1. The quantitative estimate of drug-likeness (QED) is 0.369. The molecule has 2 fully saturated rings. The predicted octanol–water partition coefficient (Wildman–Crippen LogP) is 4.06. The summed E-state index contributed by atoms with van der Waals surface area (Å²) in [6.07, 6.45) is -0.901. The van der Waals surface area contributed by atoms with Crippen LogP contribution in [-0.4, -0.2) is 57.6 Å². The largest absolute Gasteiger partial charge is 0.407 e. The molecule has 5 heterocycles. The highest BCUT2D eigenvalue weighted by molar-refractivity contribution is 8.07. The van der Waals surface area contributed by atoms with Gasteiger partial charge in [-0.3, -0.25) is 9.09 Å². The fourth-order valence-corrected chi connectivity index (χ4v) is 7.29. The monoisotopic (exact) mass is 541 g/mol. The molecule has 3 unspecified atom stereocenters. The summed E-state index contributed by atoms with van der Waals surface area (Å²) in [5, 5.41) is 3.91. The summed E-state index contributed by atoms with van der Waals surface area (Å²) in [6, 6.07) is 1.98. The van der Waals surface area contributed by atoms with Crippen LogP contribution in [0, 0.1) is 0 Å². The van der Waals surface area contributed by atoms with Gasteiger partial charge in [-0.2, -0.15) is 11.3 Å². The van der Waals surface area contributed by atoms with Crippen molar-refractivity contribution in [3.63, 3.8) is 0 Å². The summed E-state index contributed by atoms with van der Waals surface area (Å²) in [5.41, 5.74) is 8.08. The van der Waals surface area contributed by atoms with Gasteiger partial charge in [-0.25, -0.2) is 15.0 Å². The van der Waals surface area contributed by atoms with Crippen LogP contribution in [0.15, 0.2) is 23.2 Å². The first-order valence-electron chi connectivity index (χ1n) is 10.9. The third-order valence-electron chi connectivity index (χ3n) is 6.72. The Balaban J connectivity index is 1.68. The van der Waals surface area contributed by atoms with E-state index >= 15 is 0 Å². The van der Waals surface area contributed by atoms with Gasteiger partial charge >= 0.3 is 6.72 Å². The van der Waals surface area contributed by atoms with Crippen molar-refractivity contribution in [1.82, 2.24) is 19.5 Å². The van der Waals surface area contributed by atoms with Crippen molar-refractivity contribution in [2.24, 2.45) is 0 Å². The highest BCUT2D eigenvalue weighted by Gasteiger charge is 2.55. The third kappa shape index (κ3) is 4.16. The minimum atomic E-state index is -3.40. The van der Waals surface area contributed by atoms with Gasteiger partial charge in [0.25, 0.3) is 0 Å². The molecule has 0 spiro atoms. The SMILES string of the molecule is CC(C)(C)[Si](C)(C)O[C@H]1C2OP(O)(=S)OCC2O[C@H]1n1c(-c2ccsc2)nc2c(N)ncnc21. The molecule has 3 aromatic rings. The van der Waals surface area contributed by atoms with Gasteiger partial charge < -0.3 is 24.3 Å². The fraction of sp³-hybridized carbons (Fsp3) is 0.550. The summed E-state index contributed by atoms with van der Waals surface area (Å²) < 4.78 is 26.6. The number of hydrogen-bond acceptors (Lipinski definition) is 10. The number of hydrogen-bond donors (Lipinski definition) is 2. The first kappa shape index (κ1) is 24.4. The van der Waals surface area contributed by atoms with E-state index in [2.05, 4.69) is 43.8 Å². The van der Waals surface area contributed by atoms with E-state index in [0.717, 1.165) is 5.56 Å². The average Bonchev–Trinajstić information content (AvgIpc) is 3.44. The molecule has 0 aromatic carbocycles. The van der Waals surface area contributed by atoms with E-state index in [1.165, 1.54) is 6.33 Å². The van der Waals surface area contributed by atoms with Crippen LogP contribution in [-0.2, 0) is 30.0 Å². The minimum absolute atomic E-state index is 0.0694. The van der Waals surface area contributed by atoms with Crippen LogP contribution < -0.4 is 5.73 Å². The highest BCUT2D eigenvalue weighted by atomic mass is 32.5. The number of imidazole rings is 1. The number of aromatic nitrogens is 4. The van der Waals surface area contributed by atoms with Crippen molar-refractivity contribution < 1.29 is 23.1 Å². The molecule has 5 atom stereocenters. The molecule has 2 saturated heterocycles. The van der Waals surface area contributed by atoms with Crippen LogP contribution in [0.4, 0.5) is 5.82 Å². The molecule has 2 aliphatic heterocycles. The predicted molar refractivity (Wildman–Crippen MR) is 136 cm³/mol. The maximum Gasteiger partial charge on any atom is 0.325 e. The number of nitrogens with two attached hydrogens (primary N) is 1. The molecule has 0 saturated carbocycles. The summed E-state index contributed by atoms with van der Waals surface area (Å²) in [5.74, 6) is 0.920. The van der Waals surface area contributed by atoms with Crippen LogP contribution in [0.25, 0.3) is 22.6 Å². The molecule has 0 aliphatic carbocycles. The van der Waals surface area contributed by atoms with E-state index in [4.69, 9.17) is 40.7 Å². The Morgan fingerprint density at radius 3 is 2.79 bits per heavy atom. The summed E-state index contributed by atoms with van der Waals surface area (Å²) in [7, 11) is -2.30. The van der Waals surface area contributed by atoms with E-state index in [0.29, 0.717) is 17.0 Å².